The van der Waals surface area contributed by atoms with Crippen molar-refractivity contribution < 1.29 is 14.0 Å². The van der Waals surface area contributed by atoms with Crippen molar-refractivity contribution in [2.24, 2.45) is 34.5 Å². The van der Waals surface area contributed by atoms with Gasteiger partial charge in [0, 0.05) is 36.7 Å². The summed E-state index contributed by atoms with van der Waals surface area (Å²) in [5.74, 6) is 2.92. The lowest BCUT2D eigenvalue weighted by atomic mass is 9.45. The van der Waals surface area contributed by atoms with Crippen LogP contribution in [0.4, 0.5) is 0 Å². The van der Waals surface area contributed by atoms with E-state index in [-0.39, 0.29) is 10.8 Å². The van der Waals surface area contributed by atoms with E-state index in [9.17, 15) is 9.59 Å². The number of allylic oxidation sites excluding steroid dienone is 1. The van der Waals surface area contributed by atoms with Gasteiger partial charge >= 0.3 is 0 Å². The van der Waals surface area contributed by atoms with Gasteiger partial charge in [-0.2, -0.15) is 0 Å². The topological polar surface area (TPSA) is 43.4 Å². The molecule has 0 amide bonds. The lowest BCUT2D eigenvalue weighted by Crippen LogP contribution is -2.56. The van der Waals surface area contributed by atoms with E-state index in [0.717, 1.165) is 38.7 Å². The average molecular weight is 389 g/mol. The fourth-order valence-electron chi connectivity index (χ4n) is 7.14. The molecule has 0 aliphatic heterocycles. The van der Waals surface area contributed by atoms with Crippen LogP contribution in [0, 0.1) is 34.5 Å². The van der Waals surface area contributed by atoms with E-state index < -0.39 is 8.32 Å². The minimum atomic E-state index is -1.64. The van der Waals surface area contributed by atoms with E-state index in [1.807, 2.05) is 0 Å². The van der Waals surface area contributed by atoms with Crippen LogP contribution in [0.1, 0.15) is 58.8 Å². The zero-order chi connectivity index (χ0) is 19.6. The number of carbonyl (C=O) groups excluding carboxylic acids is 2. The quantitative estimate of drug-likeness (QED) is 0.495. The highest BCUT2D eigenvalue weighted by atomic mass is 28.4. The molecule has 6 atom stereocenters. The first kappa shape index (κ1) is 19.6. The Labute approximate surface area is 165 Å². The number of hydrogen-bond donors (Lipinski definition) is 0. The summed E-state index contributed by atoms with van der Waals surface area (Å²) in [6, 6.07) is 0. The molecule has 150 valence electrons. The first-order chi connectivity index (χ1) is 12.6. The van der Waals surface area contributed by atoms with Crippen molar-refractivity contribution in [3.8, 4) is 0 Å². The number of fused-ring (bicyclic) bond motifs is 5. The third kappa shape index (κ3) is 2.93. The van der Waals surface area contributed by atoms with Gasteiger partial charge in [0.2, 0.25) is 0 Å². The maximum absolute atomic E-state index is 12.7. The van der Waals surface area contributed by atoms with Crippen molar-refractivity contribution >= 4 is 19.9 Å². The highest BCUT2D eigenvalue weighted by Gasteiger charge is 2.61. The minimum Gasteiger partial charge on any atom is -0.417 e. The fourth-order valence-corrected chi connectivity index (χ4v) is 7.81. The van der Waals surface area contributed by atoms with E-state index in [2.05, 4.69) is 39.6 Å². The SMILES string of the molecule is CC1CC(=O)CC2=CC[C@@H]3[C@@H](CC[C@]4(C)C(=O)CC[C@@H]34)[C@]21CO[Si](C)(C)C. The van der Waals surface area contributed by atoms with Crippen molar-refractivity contribution in [1.29, 1.82) is 0 Å². The van der Waals surface area contributed by atoms with Gasteiger partial charge in [-0.1, -0.05) is 25.5 Å². The van der Waals surface area contributed by atoms with E-state index in [1.165, 1.54) is 5.57 Å². The van der Waals surface area contributed by atoms with Crippen molar-refractivity contribution in [2.45, 2.75) is 78.4 Å². The average Bonchev–Trinajstić information content (AvgIpc) is 2.88. The molecule has 0 aromatic heterocycles. The van der Waals surface area contributed by atoms with Gasteiger partial charge in [0.05, 0.1) is 0 Å². The van der Waals surface area contributed by atoms with Crippen LogP contribution in [0.3, 0.4) is 0 Å². The third-order valence-corrected chi connectivity index (χ3v) is 9.60. The lowest BCUT2D eigenvalue weighted by Gasteiger charge is -2.59. The zero-order valence-electron chi connectivity index (χ0n) is 17.8. The summed E-state index contributed by atoms with van der Waals surface area (Å²) >= 11 is 0. The molecule has 27 heavy (non-hydrogen) atoms. The predicted octanol–water partition coefficient (Wildman–Crippen LogP) is 5.17. The number of ketones is 2. The van der Waals surface area contributed by atoms with Gasteiger partial charge in [-0.05, 0) is 69.0 Å². The van der Waals surface area contributed by atoms with Crippen molar-refractivity contribution in [3.63, 3.8) is 0 Å². The van der Waals surface area contributed by atoms with Gasteiger partial charge in [0.15, 0.2) is 8.32 Å². The number of rotatable bonds is 3. The molecule has 0 N–H and O–H groups in total. The maximum Gasteiger partial charge on any atom is 0.183 e. The molecule has 4 rings (SSSR count). The Kier molecular flexibility index (Phi) is 4.63. The number of Topliss-reactive ketones (excluding diaryl/α,β-unsaturated/α-hetero) is 2. The van der Waals surface area contributed by atoms with Crippen molar-refractivity contribution in [3.05, 3.63) is 11.6 Å². The summed E-state index contributed by atoms with van der Waals surface area (Å²) in [6.45, 7) is 12.1. The molecule has 0 spiro atoms. The van der Waals surface area contributed by atoms with Crippen LogP contribution in [0.25, 0.3) is 0 Å². The van der Waals surface area contributed by atoms with Crippen LogP contribution in [0.15, 0.2) is 11.6 Å². The Morgan fingerprint density at radius 2 is 1.93 bits per heavy atom. The zero-order valence-corrected chi connectivity index (χ0v) is 18.8. The van der Waals surface area contributed by atoms with Crippen LogP contribution in [0.5, 0.6) is 0 Å². The highest BCUT2D eigenvalue weighted by Crippen LogP contribution is 2.65. The largest absolute Gasteiger partial charge is 0.417 e. The molecule has 4 aliphatic carbocycles. The standard InChI is InChI=1S/C23H36O3Si/c1-15-12-17(24)13-16-6-7-18-19-8-9-21(25)22(19,2)11-10-20(18)23(15,16)14-26-27(3,4)5/h6,15,18-20H,7-14H2,1-5H3/t15?,18-,19-,20+,22-,23-/m0/s1. The molecular formula is C23H36O3Si. The molecule has 0 aromatic carbocycles. The van der Waals surface area contributed by atoms with Crippen LogP contribution in [-0.4, -0.2) is 26.5 Å². The minimum absolute atomic E-state index is 0.0179. The van der Waals surface area contributed by atoms with Gasteiger partial charge in [0.25, 0.3) is 0 Å². The second-order valence-corrected chi connectivity index (χ2v) is 15.5. The van der Waals surface area contributed by atoms with Gasteiger partial charge in [-0.15, -0.1) is 0 Å². The molecule has 1 unspecified atom stereocenters. The monoisotopic (exact) mass is 388 g/mol. The molecule has 3 nitrogen and oxygen atoms in total. The van der Waals surface area contributed by atoms with Crippen LogP contribution in [-0.2, 0) is 14.0 Å². The summed E-state index contributed by atoms with van der Waals surface area (Å²) in [6.07, 6.45) is 8.76. The summed E-state index contributed by atoms with van der Waals surface area (Å²) in [4.78, 5) is 25.0. The van der Waals surface area contributed by atoms with Crippen molar-refractivity contribution in [2.75, 3.05) is 6.61 Å². The Morgan fingerprint density at radius 3 is 2.63 bits per heavy atom. The van der Waals surface area contributed by atoms with Gasteiger partial charge in [-0.25, -0.2) is 0 Å². The van der Waals surface area contributed by atoms with Crippen LogP contribution < -0.4 is 0 Å². The first-order valence-electron chi connectivity index (χ1n) is 11.0. The molecular weight excluding hydrogens is 352 g/mol. The fraction of sp³-hybridized carbons (Fsp3) is 0.826. The Hall–Kier alpha value is -0.743. The maximum atomic E-state index is 12.7. The van der Waals surface area contributed by atoms with Crippen molar-refractivity contribution in [1.82, 2.24) is 0 Å². The van der Waals surface area contributed by atoms with E-state index in [0.29, 0.717) is 48.1 Å². The smallest absolute Gasteiger partial charge is 0.183 e. The van der Waals surface area contributed by atoms with Crippen LogP contribution in [0.2, 0.25) is 19.6 Å². The molecule has 4 aliphatic rings. The molecule has 4 heteroatoms. The summed E-state index contributed by atoms with van der Waals surface area (Å²) in [7, 11) is -1.64. The molecule has 0 saturated heterocycles. The Bertz CT molecular complexity index is 690. The third-order valence-electron chi connectivity index (χ3n) is 8.59. The highest BCUT2D eigenvalue weighted by molar-refractivity contribution is 6.69. The summed E-state index contributed by atoms with van der Waals surface area (Å²) in [5.41, 5.74) is 1.30. The molecule has 3 fully saturated rings. The number of hydrogen-bond acceptors (Lipinski definition) is 3. The van der Waals surface area contributed by atoms with E-state index >= 15 is 0 Å². The predicted molar refractivity (Wildman–Crippen MR) is 110 cm³/mol. The van der Waals surface area contributed by atoms with Gasteiger partial charge < -0.3 is 4.43 Å². The van der Waals surface area contributed by atoms with E-state index in [1.54, 1.807) is 0 Å². The van der Waals surface area contributed by atoms with Gasteiger partial charge in [-0.3, -0.25) is 9.59 Å². The number of carbonyl (C=O) groups is 2. The summed E-state index contributed by atoms with van der Waals surface area (Å²) < 4.78 is 6.56. The van der Waals surface area contributed by atoms with E-state index in [4.69, 9.17) is 4.43 Å². The second-order valence-electron chi connectivity index (χ2n) is 11.0. The normalized spacial score (nSPS) is 44.4. The molecule has 0 heterocycles. The first-order valence-corrected chi connectivity index (χ1v) is 14.4. The van der Waals surface area contributed by atoms with Crippen LogP contribution >= 0.6 is 0 Å². The Morgan fingerprint density at radius 1 is 1.19 bits per heavy atom. The summed E-state index contributed by atoms with van der Waals surface area (Å²) in [5, 5.41) is 0. The van der Waals surface area contributed by atoms with Gasteiger partial charge in [0.1, 0.15) is 11.6 Å². The molecule has 0 radical (unpaired) electrons. The molecule has 3 saturated carbocycles. The second kappa shape index (κ2) is 6.38. The molecule has 0 aromatic rings. The Balaban J connectivity index is 1.74. The lowest BCUT2D eigenvalue weighted by molar-refractivity contribution is -0.136. The molecule has 0 bridgehead atoms.